The molecule has 0 atom stereocenters. The van der Waals surface area contributed by atoms with Crippen molar-refractivity contribution >= 4 is 64.6 Å². The first-order valence-electron chi connectivity index (χ1n) is 21.7. The first-order valence-corrected chi connectivity index (χ1v) is 21.7. The van der Waals surface area contributed by atoms with Crippen molar-refractivity contribution in [3.8, 4) is 67.5 Å². The van der Waals surface area contributed by atoms with Gasteiger partial charge in [-0.2, -0.15) is 0 Å². The zero-order valence-electron chi connectivity index (χ0n) is 34.6. The molecule has 4 nitrogen and oxygen atoms in total. The quantitative estimate of drug-likeness (QED) is 0.157. The molecule has 0 fully saturated rings. The Balaban J connectivity index is 1.01. The second-order valence-electron chi connectivity index (χ2n) is 16.6. The molecule has 0 saturated carbocycles. The van der Waals surface area contributed by atoms with Gasteiger partial charge in [-0.3, -0.25) is 4.98 Å². The molecular formula is C60H36N4. The Morgan fingerprint density at radius 1 is 0.250 bits per heavy atom. The van der Waals surface area contributed by atoms with Gasteiger partial charge in [0.25, 0.3) is 0 Å². The fourth-order valence-electron chi connectivity index (χ4n) is 9.97. The molecular weight excluding hydrogens is 777 g/mol. The van der Waals surface area contributed by atoms with Crippen LogP contribution >= 0.6 is 0 Å². The van der Waals surface area contributed by atoms with Crippen LogP contribution in [0.2, 0.25) is 0 Å². The molecule has 0 aliphatic heterocycles. The number of hydrogen-bond donors (Lipinski definition) is 0. The Morgan fingerprint density at radius 3 is 1.31 bits per heavy atom. The van der Waals surface area contributed by atoms with Gasteiger partial charge in [-0.05, 0) is 123 Å². The van der Waals surface area contributed by atoms with Gasteiger partial charge in [0.15, 0.2) is 17.5 Å². The third kappa shape index (κ3) is 5.84. The first-order chi connectivity index (χ1) is 31.7. The van der Waals surface area contributed by atoms with Crippen LogP contribution in [0.1, 0.15) is 0 Å². The summed E-state index contributed by atoms with van der Waals surface area (Å²) in [7, 11) is 0. The molecule has 0 amide bonds. The lowest BCUT2D eigenvalue weighted by Crippen LogP contribution is -2.00. The zero-order valence-corrected chi connectivity index (χ0v) is 34.6. The largest absolute Gasteiger partial charge is 0.264 e. The van der Waals surface area contributed by atoms with Gasteiger partial charge in [0.2, 0.25) is 0 Å². The molecule has 11 aromatic carbocycles. The van der Waals surface area contributed by atoms with E-state index in [-0.39, 0.29) is 0 Å². The van der Waals surface area contributed by atoms with Crippen molar-refractivity contribution in [2.45, 2.75) is 0 Å². The maximum Gasteiger partial charge on any atom is 0.164 e. The summed E-state index contributed by atoms with van der Waals surface area (Å²) in [6.45, 7) is 0. The predicted molar refractivity (Wildman–Crippen MR) is 266 cm³/mol. The van der Waals surface area contributed by atoms with E-state index < -0.39 is 0 Å². The highest BCUT2D eigenvalue weighted by molar-refractivity contribution is 6.37. The van der Waals surface area contributed by atoms with Crippen molar-refractivity contribution in [2.75, 3.05) is 0 Å². The molecule has 296 valence electrons. The third-order valence-electron chi connectivity index (χ3n) is 12.9. The summed E-state index contributed by atoms with van der Waals surface area (Å²) in [5, 5.41) is 15.3. The predicted octanol–water partition coefficient (Wildman–Crippen LogP) is 15.6. The van der Waals surface area contributed by atoms with Gasteiger partial charge >= 0.3 is 0 Å². The van der Waals surface area contributed by atoms with Crippen molar-refractivity contribution in [3.05, 3.63) is 219 Å². The highest BCUT2D eigenvalue weighted by atomic mass is 15.0. The number of aromatic nitrogens is 4. The van der Waals surface area contributed by atoms with Crippen LogP contribution in [0.5, 0.6) is 0 Å². The smallest absolute Gasteiger partial charge is 0.164 e. The van der Waals surface area contributed by atoms with E-state index in [4.69, 9.17) is 15.0 Å². The molecule has 0 N–H and O–H groups in total. The van der Waals surface area contributed by atoms with Crippen LogP contribution in [0, 0.1) is 0 Å². The van der Waals surface area contributed by atoms with Crippen molar-refractivity contribution < 1.29 is 0 Å². The van der Waals surface area contributed by atoms with E-state index >= 15 is 0 Å². The molecule has 13 rings (SSSR count). The van der Waals surface area contributed by atoms with Crippen LogP contribution in [0.25, 0.3) is 132 Å². The minimum absolute atomic E-state index is 0.612. The highest BCUT2D eigenvalue weighted by Gasteiger charge is 2.19. The van der Waals surface area contributed by atoms with Gasteiger partial charge < -0.3 is 0 Å². The summed E-state index contributed by atoms with van der Waals surface area (Å²) in [4.78, 5) is 19.7. The van der Waals surface area contributed by atoms with Crippen LogP contribution < -0.4 is 0 Å². The van der Waals surface area contributed by atoms with E-state index in [2.05, 4.69) is 169 Å². The number of nitrogens with zero attached hydrogens (tertiary/aromatic N) is 4. The van der Waals surface area contributed by atoms with E-state index in [1.54, 1.807) is 6.20 Å². The van der Waals surface area contributed by atoms with Gasteiger partial charge in [-0.1, -0.05) is 176 Å². The highest BCUT2D eigenvalue weighted by Crippen LogP contribution is 2.45. The molecule has 13 aromatic rings. The van der Waals surface area contributed by atoms with E-state index in [1.165, 1.54) is 70.2 Å². The second-order valence-corrected chi connectivity index (χ2v) is 16.6. The van der Waals surface area contributed by atoms with E-state index in [9.17, 15) is 0 Å². The standard InChI is InChI=1S/C60H36N4/c1-2-12-40(13-3-1)58-62-59(44-19-6-17-41(32-44)46-21-11-31-61-36-46)64-60(63-58)45-20-7-18-42(33-45)48-22-4-5-23-49(48)47-34-43-30-29-39-15-9-25-51-50-24-8-14-37-27-28-38-16-10-26-52(56(38)54(37)50)53(35-47)57(43)55(39)51/h1-36H. The Labute approximate surface area is 369 Å². The maximum absolute atomic E-state index is 5.17. The topological polar surface area (TPSA) is 51.6 Å². The first kappa shape index (κ1) is 36.1. The second kappa shape index (κ2) is 14.5. The Hall–Kier alpha value is -8.60. The van der Waals surface area contributed by atoms with E-state index in [0.29, 0.717) is 17.5 Å². The molecule has 0 unspecified atom stereocenters. The maximum atomic E-state index is 5.17. The average molecular weight is 813 g/mol. The lowest BCUT2D eigenvalue weighted by Gasteiger charge is -2.18. The normalized spacial score (nSPS) is 11.8. The molecule has 0 aliphatic carbocycles. The number of pyridine rings is 1. The summed E-state index contributed by atoms with van der Waals surface area (Å²) < 4.78 is 0. The number of rotatable bonds is 6. The van der Waals surface area contributed by atoms with Crippen LogP contribution in [0.3, 0.4) is 0 Å². The summed E-state index contributed by atoms with van der Waals surface area (Å²) >= 11 is 0. The van der Waals surface area contributed by atoms with Crippen LogP contribution in [0.4, 0.5) is 0 Å². The van der Waals surface area contributed by atoms with Crippen molar-refractivity contribution in [1.82, 2.24) is 19.9 Å². The molecule has 0 aliphatic rings. The van der Waals surface area contributed by atoms with Gasteiger partial charge in [0, 0.05) is 34.6 Å². The lowest BCUT2D eigenvalue weighted by atomic mass is 9.85. The number of benzene rings is 10. The van der Waals surface area contributed by atoms with Crippen LogP contribution in [0.15, 0.2) is 219 Å². The van der Waals surface area contributed by atoms with E-state index in [1.807, 2.05) is 48.7 Å². The number of hydrogen-bond acceptors (Lipinski definition) is 4. The van der Waals surface area contributed by atoms with E-state index in [0.717, 1.165) is 44.5 Å². The Morgan fingerprint density at radius 2 is 0.703 bits per heavy atom. The molecule has 0 saturated heterocycles. The SMILES string of the molecule is c1ccc(-c2nc(-c3cccc(-c4cccnc4)c3)nc(-c3cccc(-c4ccccc4-c4cc5ccc6cccc7c8cccc9ccc%10cccc(c(c4)c5c67)c%10c98)c3)n2)cc1. The summed E-state index contributed by atoms with van der Waals surface area (Å²) in [6.07, 6.45) is 3.67. The molecule has 0 spiro atoms. The lowest BCUT2D eigenvalue weighted by molar-refractivity contribution is 1.07. The van der Waals surface area contributed by atoms with Crippen LogP contribution in [-0.4, -0.2) is 19.9 Å². The minimum Gasteiger partial charge on any atom is -0.264 e. The van der Waals surface area contributed by atoms with Gasteiger partial charge in [0.1, 0.15) is 0 Å². The molecule has 4 heteroatoms. The summed E-state index contributed by atoms with van der Waals surface area (Å²) in [5.74, 6) is 1.85. The van der Waals surface area contributed by atoms with Crippen molar-refractivity contribution in [1.29, 1.82) is 0 Å². The Kier molecular flexibility index (Phi) is 8.18. The zero-order chi connectivity index (χ0) is 42.1. The molecule has 64 heavy (non-hydrogen) atoms. The monoisotopic (exact) mass is 812 g/mol. The molecule has 2 aromatic heterocycles. The fourth-order valence-corrected chi connectivity index (χ4v) is 9.97. The molecule has 2 heterocycles. The number of fused-ring (bicyclic) bond motifs is 2. The fraction of sp³-hybridized carbons (Fsp3) is 0. The molecule has 0 radical (unpaired) electrons. The van der Waals surface area contributed by atoms with Crippen molar-refractivity contribution in [2.24, 2.45) is 0 Å². The summed E-state index contributed by atoms with van der Waals surface area (Å²) in [6, 6.07) is 74.2. The van der Waals surface area contributed by atoms with Gasteiger partial charge in [-0.25, -0.2) is 15.0 Å². The van der Waals surface area contributed by atoms with Gasteiger partial charge in [0.05, 0.1) is 0 Å². The van der Waals surface area contributed by atoms with Crippen molar-refractivity contribution in [3.63, 3.8) is 0 Å². The third-order valence-corrected chi connectivity index (χ3v) is 12.9. The van der Waals surface area contributed by atoms with Crippen LogP contribution in [-0.2, 0) is 0 Å². The molecule has 0 bridgehead atoms. The average Bonchev–Trinajstić information content (AvgIpc) is 3.37. The summed E-state index contributed by atoms with van der Waals surface area (Å²) in [5.41, 5.74) is 9.38. The Bertz CT molecular complexity index is 3950. The van der Waals surface area contributed by atoms with Gasteiger partial charge in [-0.15, -0.1) is 0 Å². The minimum atomic E-state index is 0.612.